The number of carbonyl (C=O) groups is 2. The maximum Gasteiger partial charge on any atom is 0.253 e. The molecule has 124 valence electrons. The van der Waals surface area contributed by atoms with E-state index in [9.17, 15) is 9.59 Å². The van der Waals surface area contributed by atoms with Gasteiger partial charge in [-0.25, -0.2) is 0 Å². The predicted molar refractivity (Wildman–Crippen MR) is 95.6 cm³/mol. The van der Waals surface area contributed by atoms with Crippen molar-refractivity contribution in [3.05, 3.63) is 66.0 Å². The topological polar surface area (TPSA) is 62.3 Å². The van der Waals surface area contributed by atoms with E-state index < -0.39 is 0 Å². The lowest BCUT2D eigenvalue weighted by Crippen LogP contribution is -2.30. The molecule has 0 spiro atoms. The number of nitrogens with one attached hydrogen (secondary N) is 1. The SMILES string of the molecule is CCN(CC)C(=O)c1cccc(NC(=O)/C=C/c2ccncc2)c1. The number of nitrogens with zero attached hydrogens (tertiary/aromatic N) is 2. The van der Waals surface area contributed by atoms with Crippen LogP contribution in [0.15, 0.2) is 54.9 Å². The highest BCUT2D eigenvalue weighted by Gasteiger charge is 2.12. The second-order valence-corrected chi connectivity index (χ2v) is 5.16. The Hall–Kier alpha value is -2.95. The van der Waals surface area contributed by atoms with E-state index in [0.717, 1.165) is 5.56 Å². The minimum Gasteiger partial charge on any atom is -0.339 e. The van der Waals surface area contributed by atoms with Crippen molar-refractivity contribution in [2.75, 3.05) is 18.4 Å². The molecule has 5 heteroatoms. The Morgan fingerprint density at radius 2 is 1.83 bits per heavy atom. The second-order valence-electron chi connectivity index (χ2n) is 5.16. The van der Waals surface area contributed by atoms with E-state index in [1.54, 1.807) is 47.6 Å². The van der Waals surface area contributed by atoms with Gasteiger partial charge >= 0.3 is 0 Å². The summed E-state index contributed by atoms with van der Waals surface area (Å²) in [6, 6.07) is 10.6. The number of hydrogen-bond donors (Lipinski definition) is 1. The summed E-state index contributed by atoms with van der Waals surface area (Å²) < 4.78 is 0. The average Bonchev–Trinajstić information content (AvgIpc) is 2.62. The molecule has 0 bridgehead atoms. The lowest BCUT2D eigenvalue weighted by molar-refractivity contribution is -0.111. The van der Waals surface area contributed by atoms with Gasteiger partial charge in [-0.3, -0.25) is 14.6 Å². The van der Waals surface area contributed by atoms with Crippen LogP contribution in [0.25, 0.3) is 6.08 Å². The first-order valence-electron chi connectivity index (χ1n) is 7.92. The maximum atomic E-state index is 12.3. The van der Waals surface area contributed by atoms with E-state index in [1.807, 2.05) is 26.0 Å². The van der Waals surface area contributed by atoms with E-state index in [1.165, 1.54) is 6.08 Å². The van der Waals surface area contributed by atoms with E-state index >= 15 is 0 Å². The van der Waals surface area contributed by atoms with Crippen molar-refractivity contribution < 1.29 is 9.59 Å². The van der Waals surface area contributed by atoms with Crippen LogP contribution in [0.5, 0.6) is 0 Å². The van der Waals surface area contributed by atoms with Gasteiger partial charge in [0.25, 0.3) is 5.91 Å². The number of amides is 2. The van der Waals surface area contributed by atoms with Gasteiger partial charge in [0.05, 0.1) is 0 Å². The maximum absolute atomic E-state index is 12.3. The second kappa shape index (κ2) is 8.62. The number of hydrogen-bond acceptors (Lipinski definition) is 3. The number of aromatic nitrogens is 1. The van der Waals surface area contributed by atoms with Crippen molar-refractivity contribution in [2.45, 2.75) is 13.8 Å². The van der Waals surface area contributed by atoms with Gasteiger partial charge in [-0.15, -0.1) is 0 Å². The number of benzene rings is 1. The van der Waals surface area contributed by atoms with Gasteiger partial charge in [-0.2, -0.15) is 0 Å². The van der Waals surface area contributed by atoms with Crippen LogP contribution in [0.4, 0.5) is 5.69 Å². The lowest BCUT2D eigenvalue weighted by atomic mass is 10.1. The van der Waals surface area contributed by atoms with Crippen molar-refractivity contribution in [1.29, 1.82) is 0 Å². The highest BCUT2D eigenvalue weighted by molar-refractivity contribution is 6.03. The van der Waals surface area contributed by atoms with Crippen molar-refractivity contribution >= 4 is 23.6 Å². The molecule has 0 radical (unpaired) electrons. The van der Waals surface area contributed by atoms with Gasteiger partial charge in [0.15, 0.2) is 0 Å². The Balaban J connectivity index is 2.05. The third kappa shape index (κ3) is 4.78. The number of pyridine rings is 1. The first-order valence-corrected chi connectivity index (χ1v) is 7.92. The van der Waals surface area contributed by atoms with Crippen molar-refractivity contribution in [3.63, 3.8) is 0 Å². The fraction of sp³-hybridized carbons (Fsp3) is 0.211. The molecule has 2 amide bonds. The van der Waals surface area contributed by atoms with Crippen LogP contribution in [0.1, 0.15) is 29.8 Å². The Bertz CT molecular complexity index is 722. The quantitative estimate of drug-likeness (QED) is 0.830. The Morgan fingerprint density at radius 3 is 2.50 bits per heavy atom. The molecule has 1 aromatic heterocycles. The van der Waals surface area contributed by atoms with Crippen molar-refractivity contribution in [2.24, 2.45) is 0 Å². The van der Waals surface area contributed by atoms with Crippen LogP contribution < -0.4 is 5.32 Å². The molecule has 1 heterocycles. The molecule has 0 aliphatic heterocycles. The standard InChI is InChI=1S/C19H21N3O2/c1-3-22(4-2)19(24)16-6-5-7-17(14-16)21-18(23)9-8-15-10-12-20-13-11-15/h5-14H,3-4H2,1-2H3,(H,21,23)/b9-8+. The van der Waals surface area contributed by atoms with Gasteiger partial charge in [-0.05, 0) is 55.8 Å². The summed E-state index contributed by atoms with van der Waals surface area (Å²) in [5.41, 5.74) is 2.05. The molecule has 0 aliphatic rings. The van der Waals surface area contributed by atoms with Crippen LogP contribution in [-0.4, -0.2) is 34.8 Å². The molecule has 0 saturated heterocycles. The minimum atomic E-state index is -0.251. The summed E-state index contributed by atoms with van der Waals surface area (Å²) >= 11 is 0. The van der Waals surface area contributed by atoms with Gasteiger partial charge in [0.2, 0.25) is 5.91 Å². The third-order valence-corrected chi connectivity index (χ3v) is 3.56. The first kappa shape index (κ1) is 17.4. The molecule has 2 aromatic rings. The summed E-state index contributed by atoms with van der Waals surface area (Å²) in [6.07, 6.45) is 6.50. The van der Waals surface area contributed by atoms with Crippen LogP contribution in [0.3, 0.4) is 0 Å². The largest absolute Gasteiger partial charge is 0.339 e. The lowest BCUT2D eigenvalue weighted by Gasteiger charge is -2.18. The molecule has 1 aromatic carbocycles. The molecule has 1 N–H and O–H groups in total. The fourth-order valence-corrected chi connectivity index (χ4v) is 2.25. The van der Waals surface area contributed by atoms with Gasteiger partial charge in [-0.1, -0.05) is 6.07 Å². The molecule has 2 rings (SSSR count). The number of anilines is 1. The zero-order valence-corrected chi connectivity index (χ0v) is 13.9. The van der Waals surface area contributed by atoms with E-state index in [2.05, 4.69) is 10.3 Å². The number of rotatable bonds is 6. The van der Waals surface area contributed by atoms with Gasteiger partial charge in [0.1, 0.15) is 0 Å². The smallest absolute Gasteiger partial charge is 0.253 e. The molecular weight excluding hydrogens is 302 g/mol. The van der Waals surface area contributed by atoms with E-state index in [-0.39, 0.29) is 11.8 Å². The fourth-order valence-electron chi connectivity index (χ4n) is 2.25. The van der Waals surface area contributed by atoms with Crippen LogP contribution in [0.2, 0.25) is 0 Å². The monoisotopic (exact) mass is 323 g/mol. The van der Waals surface area contributed by atoms with Crippen molar-refractivity contribution in [1.82, 2.24) is 9.88 Å². The highest BCUT2D eigenvalue weighted by atomic mass is 16.2. The summed E-state index contributed by atoms with van der Waals surface area (Å²) in [5, 5.41) is 2.77. The highest BCUT2D eigenvalue weighted by Crippen LogP contribution is 2.13. The molecule has 0 aliphatic carbocycles. The Kier molecular flexibility index (Phi) is 6.25. The third-order valence-electron chi connectivity index (χ3n) is 3.56. The zero-order valence-electron chi connectivity index (χ0n) is 13.9. The first-order chi connectivity index (χ1) is 11.6. The summed E-state index contributed by atoms with van der Waals surface area (Å²) in [7, 11) is 0. The molecule has 0 atom stereocenters. The minimum absolute atomic E-state index is 0.0385. The molecule has 0 unspecified atom stereocenters. The van der Waals surface area contributed by atoms with Gasteiger partial charge in [0, 0.05) is 42.8 Å². The molecule has 0 fully saturated rings. The normalized spacial score (nSPS) is 10.6. The summed E-state index contributed by atoms with van der Waals surface area (Å²) in [6.45, 7) is 5.19. The average molecular weight is 323 g/mol. The summed E-state index contributed by atoms with van der Waals surface area (Å²) in [5.74, 6) is -0.289. The van der Waals surface area contributed by atoms with E-state index in [4.69, 9.17) is 0 Å². The van der Waals surface area contributed by atoms with E-state index in [0.29, 0.717) is 24.3 Å². The Labute approximate surface area is 142 Å². The molecule has 0 saturated carbocycles. The molecule has 5 nitrogen and oxygen atoms in total. The molecular formula is C19H21N3O2. The van der Waals surface area contributed by atoms with Crippen molar-refractivity contribution in [3.8, 4) is 0 Å². The Morgan fingerprint density at radius 1 is 1.12 bits per heavy atom. The predicted octanol–water partition coefficient (Wildman–Crippen LogP) is 3.22. The van der Waals surface area contributed by atoms with Crippen LogP contribution in [-0.2, 0) is 4.79 Å². The van der Waals surface area contributed by atoms with Gasteiger partial charge < -0.3 is 10.2 Å². The van der Waals surface area contributed by atoms with Crippen LogP contribution in [0, 0.1) is 0 Å². The number of carbonyl (C=O) groups excluding carboxylic acids is 2. The molecule has 24 heavy (non-hydrogen) atoms. The van der Waals surface area contributed by atoms with Crippen LogP contribution >= 0.6 is 0 Å². The summed E-state index contributed by atoms with van der Waals surface area (Å²) in [4.78, 5) is 30.0. The zero-order chi connectivity index (χ0) is 17.4.